The third-order valence-electron chi connectivity index (χ3n) is 3.25. The van der Waals surface area contributed by atoms with Crippen molar-refractivity contribution in [3.63, 3.8) is 0 Å². The van der Waals surface area contributed by atoms with E-state index in [-0.39, 0.29) is 18.5 Å². The predicted octanol–water partition coefficient (Wildman–Crippen LogP) is 2.78. The lowest BCUT2D eigenvalue weighted by Gasteiger charge is -2.17. The highest BCUT2D eigenvalue weighted by molar-refractivity contribution is 5.90. The van der Waals surface area contributed by atoms with Crippen molar-refractivity contribution in [1.29, 1.82) is 0 Å². The first-order valence-electron chi connectivity index (χ1n) is 6.66. The highest BCUT2D eigenvalue weighted by atomic mass is 16.4. The van der Waals surface area contributed by atoms with Gasteiger partial charge in [0.25, 0.3) is 0 Å². The van der Waals surface area contributed by atoms with Gasteiger partial charge >= 0.3 is 12.0 Å². The van der Waals surface area contributed by atoms with E-state index in [2.05, 4.69) is 10.6 Å². The van der Waals surface area contributed by atoms with E-state index >= 15 is 0 Å². The van der Waals surface area contributed by atoms with E-state index in [0.717, 1.165) is 16.8 Å². The number of hydrogen-bond donors (Lipinski definition) is 3. The van der Waals surface area contributed by atoms with Gasteiger partial charge in [0.1, 0.15) is 0 Å². The van der Waals surface area contributed by atoms with Crippen LogP contribution in [0.5, 0.6) is 0 Å². The van der Waals surface area contributed by atoms with Crippen LogP contribution in [0.1, 0.15) is 25.0 Å². The number of aliphatic carboxylic acids is 1. The molecule has 1 unspecified atom stereocenters. The zero-order valence-electron chi connectivity index (χ0n) is 12.4. The van der Waals surface area contributed by atoms with E-state index in [9.17, 15) is 9.59 Å². The lowest BCUT2D eigenvalue weighted by molar-refractivity contribution is -0.142. The minimum absolute atomic E-state index is 0.0338. The number of carboxylic acids is 1. The quantitative estimate of drug-likeness (QED) is 0.775. The van der Waals surface area contributed by atoms with E-state index in [1.807, 2.05) is 45.9 Å². The van der Waals surface area contributed by atoms with Crippen molar-refractivity contribution in [2.75, 3.05) is 11.9 Å². The van der Waals surface area contributed by atoms with Gasteiger partial charge in [0.2, 0.25) is 0 Å². The Morgan fingerprint density at radius 1 is 1.25 bits per heavy atom. The van der Waals surface area contributed by atoms with Gasteiger partial charge in [-0.1, -0.05) is 26.0 Å². The van der Waals surface area contributed by atoms with Crippen molar-refractivity contribution < 1.29 is 14.7 Å². The molecule has 0 aliphatic carbocycles. The number of amides is 2. The molecule has 0 saturated heterocycles. The smallest absolute Gasteiger partial charge is 0.319 e. The topological polar surface area (TPSA) is 78.4 Å². The highest BCUT2D eigenvalue weighted by Gasteiger charge is 2.21. The molecule has 1 rings (SSSR count). The molecule has 5 nitrogen and oxygen atoms in total. The van der Waals surface area contributed by atoms with Crippen molar-refractivity contribution in [1.82, 2.24) is 5.32 Å². The number of nitrogens with one attached hydrogen (secondary N) is 2. The molecule has 0 spiro atoms. The number of anilines is 1. The molecule has 3 N–H and O–H groups in total. The van der Waals surface area contributed by atoms with Gasteiger partial charge in [-0.25, -0.2) is 4.79 Å². The fraction of sp³-hybridized carbons (Fsp3) is 0.467. The van der Waals surface area contributed by atoms with E-state index in [1.165, 1.54) is 0 Å². The van der Waals surface area contributed by atoms with Crippen molar-refractivity contribution in [3.05, 3.63) is 29.3 Å². The van der Waals surface area contributed by atoms with Crippen LogP contribution in [0, 0.1) is 25.7 Å². The molecule has 0 aliphatic heterocycles. The molecule has 0 fully saturated rings. The Bertz CT molecular complexity index is 498. The summed E-state index contributed by atoms with van der Waals surface area (Å²) in [6, 6.07) is 5.40. The second-order valence-electron chi connectivity index (χ2n) is 5.34. The maximum atomic E-state index is 11.8. The van der Waals surface area contributed by atoms with Crippen molar-refractivity contribution >= 4 is 17.7 Å². The molecule has 0 aromatic heterocycles. The Morgan fingerprint density at radius 3 is 2.45 bits per heavy atom. The van der Waals surface area contributed by atoms with Crippen LogP contribution in [0.3, 0.4) is 0 Å². The zero-order chi connectivity index (χ0) is 15.3. The van der Waals surface area contributed by atoms with E-state index < -0.39 is 11.9 Å². The molecular formula is C15H22N2O3. The summed E-state index contributed by atoms with van der Waals surface area (Å²) in [7, 11) is 0. The zero-order valence-corrected chi connectivity index (χ0v) is 12.4. The number of benzene rings is 1. The Hall–Kier alpha value is -2.04. The molecule has 0 heterocycles. The van der Waals surface area contributed by atoms with Crippen LogP contribution in [0.25, 0.3) is 0 Å². The number of carboxylic acid groups (broad SMARTS) is 1. The first kappa shape index (κ1) is 16.0. The van der Waals surface area contributed by atoms with Crippen LogP contribution in [-0.2, 0) is 4.79 Å². The Kier molecular flexibility index (Phi) is 5.55. The maximum Gasteiger partial charge on any atom is 0.319 e. The predicted molar refractivity (Wildman–Crippen MR) is 78.9 cm³/mol. The van der Waals surface area contributed by atoms with Gasteiger partial charge < -0.3 is 15.7 Å². The second kappa shape index (κ2) is 6.93. The lowest BCUT2D eigenvalue weighted by atomic mass is 9.96. The van der Waals surface area contributed by atoms with Gasteiger partial charge in [-0.3, -0.25) is 4.79 Å². The summed E-state index contributed by atoms with van der Waals surface area (Å²) in [5.74, 6) is -1.51. The van der Waals surface area contributed by atoms with Gasteiger partial charge in [-0.15, -0.1) is 0 Å². The van der Waals surface area contributed by atoms with Gasteiger partial charge in [0.15, 0.2) is 0 Å². The molecule has 0 aliphatic rings. The van der Waals surface area contributed by atoms with Crippen molar-refractivity contribution in [3.8, 4) is 0 Å². The first-order valence-corrected chi connectivity index (χ1v) is 6.66. The van der Waals surface area contributed by atoms with Crippen LogP contribution in [0.4, 0.5) is 10.5 Å². The summed E-state index contributed by atoms with van der Waals surface area (Å²) in [6.45, 7) is 7.61. The molecule has 1 atom stereocenters. The molecular weight excluding hydrogens is 256 g/mol. The number of urea groups is 1. The SMILES string of the molecule is Cc1ccc(C)c(NC(=O)NCC(C(=O)O)C(C)C)c1. The monoisotopic (exact) mass is 278 g/mol. The van der Waals surface area contributed by atoms with Gasteiger partial charge in [-0.05, 0) is 37.0 Å². The van der Waals surface area contributed by atoms with Gasteiger partial charge in [0.05, 0.1) is 5.92 Å². The van der Waals surface area contributed by atoms with Crippen LogP contribution < -0.4 is 10.6 Å². The summed E-state index contributed by atoms with van der Waals surface area (Å²) in [4.78, 5) is 22.8. The van der Waals surface area contributed by atoms with Crippen LogP contribution in [0.2, 0.25) is 0 Å². The Morgan fingerprint density at radius 2 is 1.90 bits per heavy atom. The number of hydrogen-bond acceptors (Lipinski definition) is 2. The largest absolute Gasteiger partial charge is 0.481 e. The number of aryl methyl sites for hydroxylation is 2. The first-order chi connectivity index (χ1) is 9.31. The second-order valence-corrected chi connectivity index (χ2v) is 5.34. The van der Waals surface area contributed by atoms with Gasteiger partial charge in [0, 0.05) is 12.2 Å². The number of carbonyl (C=O) groups excluding carboxylic acids is 1. The number of rotatable bonds is 5. The van der Waals surface area contributed by atoms with E-state index in [0.29, 0.717) is 0 Å². The molecule has 0 radical (unpaired) electrons. The molecule has 1 aromatic carbocycles. The van der Waals surface area contributed by atoms with E-state index in [4.69, 9.17) is 5.11 Å². The molecule has 20 heavy (non-hydrogen) atoms. The minimum Gasteiger partial charge on any atom is -0.481 e. The Labute approximate surface area is 119 Å². The fourth-order valence-corrected chi connectivity index (χ4v) is 1.85. The average molecular weight is 278 g/mol. The summed E-state index contributed by atoms with van der Waals surface area (Å²) >= 11 is 0. The van der Waals surface area contributed by atoms with E-state index in [1.54, 1.807) is 0 Å². The minimum atomic E-state index is -0.896. The summed E-state index contributed by atoms with van der Waals surface area (Å²) in [5, 5.41) is 14.4. The summed E-state index contributed by atoms with van der Waals surface area (Å²) in [6.07, 6.45) is 0. The number of carbonyl (C=O) groups is 2. The van der Waals surface area contributed by atoms with Crippen LogP contribution >= 0.6 is 0 Å². The highest BCUT2D eigenvalue weighted by Crippen LogP contribution is 2.16. The van der Waals surface area contributed by atoms with Crippen LogP contribution in [0.15, 0.2) is 18.2 Å². The molecule has 1 aromatic rings. The molecule has 0 saturated carbocycles. The lowest BCUT2D eigenvalue weighted by Crippen LogP contribution is -2.37. The summed E-state index contributed by atoms with van der Waals surface area (Å²) in [5.41, 5.74) is 2.75. The standard InChI is InChI=1S/C15H22N2O3/c1-9(2)12(14(18)19)8-16-15(20)17-13-7-10(3)5-6-11(13)4/h5-7,9,12H,8H2,1-4H3,(H,18,19)(H2,16,17,20). The third-order valence-corrected chi connectivity index (χ3v) is 3.25. The third kappa shape index (κ3) is 4.57. The van der Waals surface area contributed by atoms with Crippen molar-refractivity contribution in [2.45, 2.75) is 27.7 Å². The summed E-state index contributed by atoms with van der Waals surface area (Å²) < 4.78 is 0. The Balaban J connectivity index is 2.60. The fourth-order valence-electron chi connectivity index (χ4n) is 1.85. The molecule has 5 heteroatoms. The van der Waals surface area contributed by atoms with Gasteiger partial charge in [-0.2, -0.15) is 0 Å². The van der Waals surface area contributed by atoms with Crippen LogP contribution in [-0.4, -0.2) is 23.7 Å². The molecule has 2 amide bonds. The average Bonchev–Trinajstić information content (AvgIpc) is 2.33. The normalized spacial score (nSPS) is 12.1. The molecule has 0 bridgehead atoms. The maximum absolute atomic E-state index is 11.8. The van der Waals surface area contributed by atoms with Crippen molar-refractivity contribution in [2.24, 2.45) is 11.8 Å². The molecule has 110 valence electrons.